The lowest BCUT2D eigenvalue weighted by molar-refractivity contribution is -0.125. The number of hydrogen-bond acceptors (Lipinski definition) is 4. The molecule has 0 radical (unpaired) electrons. The van der Waals surface area contributed by atoms with Crippen molar-refractivity contribution in [1.82, 2.24) is 4.90 Å². The van der Waals surface area contributed by atoms with Crippen LogP contribution in [0.5, 0.6) is 0 Å². The van der Waals surface area contributed by atoms with E-state index in [1.54, 1.807) is 6.08 Å². The summed E-state index contributed by atoms with van der Waals surface area (Å²) in [7, 11) is 0. The second-order valence-corrected chi connectivity index (χ2v) is 4.66. The van der Waals surface area contributed by atoms with Gasteiger partial charge < -0.3 is 5.11 Å². The summed E-state index contributed by atoms with van der Waals surface area (Å²) in [6.45, 7) is 1.40. The van der Waals surface area contributed by atoms with E-state index >= 15 is 0 Å². The van der Waals surface area contributed by atoms with Crippen molar-refractivity contribution in [2.75, 3.05) is 6.73 Å². The van der Waals surface area contributed by atoms with Gasteiger partial charge in [0.1, 0.15) is 6.73 Å². The fourth-order valence-electron chi connectivity index (χ4n) is 1.44. The molecule has 4 nitrogen and oxygen atoms in total. The van der Waals surface area contributed by atoms with Crippen molar-refractivity contribution in [3.05, 3.63) is 40.3 Å². The number of benzene rings is 1. The van der Waals surface area contributed by atoms with Crippen molar-refractivity contribution in [2.45, 2.75) is 6.92 Å². The average molecular weight is 249 g/mol. The van der Waals surface area contributed by atoms with Crippen molar-refractivity contribution in [1.29, 1.82) is 0 Å². The molecule has 0 bridgehead atoms. The summed E-state index contributed by atoms with van der Waals surface area (Å²) in [5, 5.41) is 8.44. The molecule has 1 saturated heterocycles. The van der Waals surface area contributed by atoms with Gasteiger partial charge in [-0.25, -0.2) is 4.90 Å². The highest BCUT2D eigenvalue weighted by atomic mass is 32.2. The lowest BCUT2D eigenvalue weighted by Gasteiger charge is -2.05. The molecular weight excluding hydrogens is 238 g/mol. The first-order chi connectivity index (χ1) is 8.11. The number of carbonyl (C=O) groups excluding carboxylic acids is 2. The summed E-state index contributed by atoms with van der Waals surface area (Å²) in [6.07, 6.45) is 1.65. The number of thioether (sulfide) groups is 1. The molecule has 1 aromatic carbocycles. The second kappa shape index (κ2) is 4.73. The molecule has 2 rings (SSSR count). The van der Waals surface area contributed by atoms with Crippen LogP contribution in [0.25, 0.3) is 6.08 Å². The Morgan fingerprint density at radius 3 is 2.47 bits per heavy atom. The highest BCUT2D eigenvalue weighted by Gasteiger charge is 2.34. The number of rotatable bonds is 2. The molecule has 1 fully saturated rings. The fraction of sp³-hybridized carbons (Fsp3) is 0.167. The van der Waals surface area contributed by atoms with Gasteiger partial charge in [0, 0.05) is 0 Å². The van der Waals surface area contributed by atoms with Gasteiger partial charge in [0.25, 0.3) is 11.1 Å². The molecule has 1 aromatic rings. The smallest absolute Gasteiger partial charge is 0.295 e. The summed E-state index contributed by atoms with van der Waals surface area (Å²) in [5.74, 6) is -0.442. The topological polar surface area (TPSA) is 57.6 Å². The van der Waals surface area contributed by atoms with Gasteiger partial charge in [-0.1, -0.05) is 29.8 Å². The number of aliphatic hydroxyl groups is 1. The van der Waals surface area contributed by atoms with Crippen LogP contribution in [-0.4, -0.2) is 27.9 Å². The number of aliphatic hydroxyl groups excluding tert-OH is 1. The molecule has 2 amide bonds. The molecule has 1 N–H and O–H groups in total. The van der Waals surface area contributed by atoms with E-state index in [2.05, 4.69) is 0 Å². The van der Waals surface area contributed by atoms with Crippen LogP contribution >= 0.6 is 11.8 Å². The van der Waals surface area contributed by atoms with Crippen LogP contribution < -0.4 is 0 Å². The minimum atomic E-state index is -0.574. The Hall–Kier alpha value is -1.59. The summed E-state index contributed by atoms with van der Waals surface area (Å²) >= 11 is 0.844. The van der Waals surface area contributed by atoms with Crippen LogP contribution in [0.2, 0.25) is 0 Å². The Morgan fingerprint density at radius 2 is 1.94 bits per heavy atom. The Balaban J connectivity index is 2.27. The number of imide groups is 1. The Morgan fingerprint density at radius 1 is 1.29 bits per heavy atom. The molecule has 17 heavy (non-hydrogen) atoms. The average Bonchev–Trinajstić information content (AvgIpc) is 2.57. The van der Waals surface area contributed by atoms with Gasteiger partial charge in [0.05, 0.1) is 4.91 Å². The molecule has 0 unspecified atom stereocenters. The van der Waals surface area contributed by atoms with E-state index in [1.165, 1.54) is 0 Å². The minimum Gasteiger partial charge on any atom is -0.376 e. The molecular formula is C12H11NO3S. The fourth-order valence-corrected chi connectivity index (χ4v) is 2.27. The van der Waals surface area contributed by atoms with E-state index in [0.717, 1.165) is 27.8 Å². The van der Waals surface area contributed by atoms with E-state index < -0.39 is 17.9 Å². The number of amides is 2. The zero-order valence-electron chi connectivity index (χ0n) is 9.21. The third-order valence-corrected chi connectivity index (χ3v) is 3.30. The third-order valence-electron chi connectivity index (χ3n) is 2.39. The maximum absolute atomic E-state index is 11.7. The highest BCUT2D eigenvalue weighted by Crippen LogP contribution is 2.31. The summed E-state index contributed by atoms with van der Waals surface area (Å²) < 4.78 is 0. The predicted octanol–water partition coefficient (Wildman–Crippen LogP) is 1.98. The van der Waals surface area contributed by atoms with Crippen molar-refractivity contribution >= 4 is 29.0 Å². The number of aryl methyl sites for hydroxylation is 1. The Bertz CT molecular complexity index is 493. The first-order valence-corrected chi connectivity index (χ1v) is 5.86. The van der Waals surface area contributed by atoms with Crippen molar-refractivity contribution < 1.29 is 14.7 Å². The summed E-state index contributed by atoms with van der Waals surface area (Å²) in [4.78, 5) is 24.2. The first-order valence-electron chi connectivity index (χ1n) is 5.04. The highest BCUT2D eigenvalue weighted by molar-refractivity contribution is 8.18. The standard InChI is InChI=1S/C12H11NO3S/c1-8-2-4-9(5-3-8)6-10-11(15)13(7-14)12(16)17-10/h2-6,14H,7H2,1H3/b10-6-. The predicted molar refractivity (Wildman–Crippen MR) is 66.1 cm³/mol. The number of carbonyl (C=O) groups is 2. The van der Waals surface area contributed by atoms with Crippen LogP contribution in [0.3, 0.4) is 0 Å². The first kappa shape index (κ1) is 11.9. The van der Waals surface area contributed by atoms with Crippen LogP contribution in [0.1, 0.15) is 11.1 Å². The molecule has 1 aliphatic rings. The molecule has 0 spiro atoms. The lowest BCUT2D eigenvalue weighted by atomic mass is 10.1. The van der Waals surface area contributed by atoms with E-state index in [0.29, 0.717) is 4.91 Å². The molecule has 0 aromatic heterocycles. The molecule has 1 heterocycles. The monoisotopic (exact) mass is 249 g/mol. The zero-order valence-corrected chi connectivity index (χ0v) is 10.0. The van der Waals surface area contributed by atoms with Gasteiger partial charge in [-0.3, -0.25) is 9.59 Å². The van der Waals surface area contributed by atoms with E-state index in [1.807, 2.05) is 31.2 Å². The molecule has 88 valence electrons. The molecule has 5 heteroatoms. The Labute approximate surface area is 103 Å². The van der Waals surface area contributed by atoms with Gasteiger partial charge in [-0.15, -0.1) is 0 Å². The number of hydrogen-bond donors (Lipinski definition) is 1. The third kappa shape index (κ3) is 2.40. The minimum absolute atomic E-state index is 0.341. The second-order valence-electron chi connectivity index (χ2n) is 3.66. The maximum Gasteiger partial charge on any atom is 0.295 e. The van der Waals surface area contributed by atoms with E-state index in [-0.39, 0.29) is 0 Å². The normalized spacial score (nSPS) is 18.2. The SMILES string of the molecule is Cc1ccc(/C=C2\SC(=O)N(CO)C2=O)cc1. The summed E-state index contributed by atoms with van der Waals surface area (Å²) in [5.41, 5.74) is 1.99. The lowest BCUT2D eigenvalue weighted by Crippen LogP contribution is -2.28. The van der Waals surface area contributed by atoms with Gasteiger partial charge in [-0.05, 0) is 30.3 Å². The quantitative estimate of drug-likeness (QED) is 0.814. The Kier molecular flexibility index (Phi) is 3.31. The maximum atomic E-state index is 11.7. The zero-order chi connectivity index (χ0) is 12.4. The van der Waals surface area contributed by atoms with Crippen molar-refractivity contribution in [3.63, 3.8) is 0 Å². The molecule has 0 atom stereocenters. The van der Waals surface area contributed by atoms with Crippen LogP contribution in [0.15, 0.2) is 29.2 Å². The van der Waals surface area contributed by atoms with E-state index in [4.69, 9.17) is 5.11 Å². The van der Waals surface area contributed by atoms with Gasteiger partial charge in [-0.2, -0.15) is 0 Å². The molecule has 1 aliphatic heterocycles. The van der Waals surface area contributed by atoms with Crippen LogP contribution in [0, 0.1) is 6.92 Å². The largest absolute Gasteiger partial charge is 0.376 e. The summed E-state index contributed by atoms with van der Waals surface area (Å²) in [6, 6.07) is 7.62. The van der Waals surface area contributed by atoms with Crippen LogP contribution in [-0.2, 0) is 4.79 Å². The van der Waals surface area contributed by atoms with Gasteiger partial charge in [0.2, 0.25) is 0 Å². The van der Waals surface area contributed by atoms with E-state index in [9.17, 15) is 9.59 Å². The van der Waals surface area contributed by atoms with Gasteiger partial charge >= 0.3 is 0 Å². The number of nitrogens with zero attached hydrogens (tertiary/aromatic N) is 1. The van der Waals surface area contributed by atoms with Crippen molar-refractivity contribution in [2.24, 2.45) is 0 Å². The molecule has 0 saturated carbocycles. The van der Waals surface area contributed by atoms with Gasteiger partial charge in [0.15, 0.2) is 0 Å². The van der Waals surface area contributed by atoms with Crippen molar-refractivity contribution in [3.8, 4) is 0 Å². The molecule has 0 aliphatic carbocycles. The van der Waals surface area contributed by atoms with Crippen LogP contribution in [0.4, 0.5) is 4.79 Å².